The van der Waals surface area contributed by atoms with Crippen molar-refractivity contribution in [1.29, 1.82) is 0 Å². The number of hydrogen-bond acceptors (Lipinski definition) is 2. The van der Waals surface area contributed by atoms with Crippen molar-refractivity contribution in [3.8, 4) is 5.75 Å². The Balaban J connectivity index is 2.86. The van der Waals surface area contributed by atoms with Crippen LogP contribution in [0.1, 0.15) is 35.8 Å². The molecule has 0 spiro atoms. The highest BCUT2D eigenvalue weighted by molar-refractivity contribution is 6.01. The van der Waals surface area contributed by atoms with Gasteiger partial charge in [0.2, 0.25) is 0 Å². The lowest BCUT2D eigenvalue weighted by Gasteiger charge is -2.13. The average molecular weight is 231 g/mol. The van der Waals surface area contributed by atoms with Gasteiger partial charge in [0.15, 0.2) is 6.29 Å². The molecule has 0 bridgehead atoms. The zero-order valence-corrected chi connectivity index (χ0v) is 10.7. The SMILES string of the molecule is COc1cc(C)c2c(ccn2C(C)C)c1C=O. The number of nitrogens with zero attached hydrogens (tertiary/aromatic N) is 1. The first-order chi connectivity index (χ1) is 8.10. The van der Waals surface area contributed by atoms with E-state index >= 15 is 0 Å². The molecule has 0 N–H and O–H groups in total. The highest BCUT2D eigenvalue weighted by atomic mass is 16.5. The normalized spacial score (nSPS) is 11.1. The summed E-state index contributed by atoms with van der Waals surface area (Å²) in [5.74, 6) is 0.645. The number of fused-ring (bicyclic) bond motifs is 1. The zero-order valence-electron chi connectivity index (χ0n) is 10.7. The van der Waals surface area contributed by atoms with Crippen molar-refractivity contribution in [3.63, 3.8) is 0 Å². The Morgan fingerprint density at radius 2 is 2.12 bits per heavy atom. The highest BCUT2D eigenvalue weighted by Gasteiger charge is 2.14. The zero-order chi connectivity index (χ0) is 12.6. The summed E-state index contributed by atoms with van der Waals surface area (Å²) < 4.78 is 7.43. The van der Waals surface area contributed by atoms with Crippen molar-refractivity contribution in [2.24, 2.45) is 0 Å². The minimum Gasteiger partial charge on any atom is -0.496 e. The maximum absolute atomic E-state index is 11.2. The van der Waals surface area contributed by atoms with Crippen molar-refractivity contribution in [2.75, 3.05) is 7.11 Å². The van der Waals surface area contributed by atoms with Gasteiger partial charge in [0.25, 0.3) is 0 Å². The van der Waals surface area contributed by atoms with E-state index in [-0.39, 0.29) is 0 Å². The number of aromatic nitrogens is 1. The second-order valence-corrected chi connectivity index (χ2v) is 4.51. The number of benzene rings is 1. The average Bonchev–Trinajstić information content (AvgIpc) is 2.73. The maximum Gasteiger partial charge on any atom is 0.154 e. The Hall–Kier alpha value is -1.77. The molecule has 0 aliphatic rings. The van der Waals surface area contributed by atoms with E-state index in [1.807, 2.05) is 25.3 Å². The van der Waals surface area contributed by atoms with Crippen molar-refractivity contribution in [3.05, 3.63) is 29.5 Å². The van der Waals surface area contributed by atoms with E-state index in [2.05, 4.69) is 18.4 Å². The molecular weight excluding hydrogens is 214 g/mol. The second-order valence-electron chi connectivity index (χ2n) is 4.51. The van der Waals surface area contributed by atoms with Crippen LogP contribution in [0.5, 0.6) is 5.75 Å². The third-order valence-corrected chi connectivity index (χ3v) is 3.09. The molecule has 17 heavy (non-hydrogen) atoms. The van der Waals surface area contributed by atoms with Crippen LogP contribution in [0, 0.1) is 6.92 Å². The van der Waals surface area contributed by atoms with Crippen LogP contribution in [0.2, 0.25) is 0 Å². The van der Waals surface area contributed by atoms with Gasteiger partial charge in [-0.1, -0.05) is 0 Å². The third kappa shape index (κ3) is 1.71. The van der Waals surface area contributed by atoms with Gasteiger partial charge in [-0.15, -0.1) is 0 Å². The van der Waals surface area contributed by atoms with Crippen molar-refractivity contribution in [1.82, 2.24) is 4.57 Å². The Labute approximate surface area is 101 Å². The molecule has 90 valence electrons. The van der Waals surface area contributed by atoms with E-state index in [1.165, 1.54) is 0 Å². The molecule has 0 fully saturated rings. The molecule has 0 amide bonds. The Bertz CT molecular complexity index is 567. The van der Waals surface area contributed by atoms with Gasteiger partial charge in [-0.25, -0.2) is 0 Å². The monoisotopic (exact) mass is 231 g/mol. The fourth-order valence-electron chi connectivity index (χ4n) is 2.28. The molecular formula is C14H17NO2. The molecule has 3 nitrogen and oxygen atoms in total. The standard InChI is InChI=1S/C14H17NO2/c1-9(2)15-6-5-11-12(8-16)13(17-4)7-10(3)14(11)15/h5-9H,1-4H3. The molecule has 3 heteroatoms. The van der Waals surface area contributed by atoms with Crippen molar-refractivity contribution in [2.45, 2.75) is 26.8 Å². The Morgan fingerprint density at radius 1 is 1.41 bits per heavy atom. The number of carbonyl (C=O) groups is 1. The Kier molecular flexibility index (Phi) is 2.92. The second kappa shape index (κ2) is 4.24. The first-order valence-electron chi connectivity index (χ1n) is 5.73. The van der Waals surface area contributed by atoms with Crippen LogP contribution in [-0.2, 0) is 0 Å². The Morgan fingerprint density at radius 3 is 2.65 bits per heavy atom. The number of aryl methyl sites for hydroxylation is 1. The fourth-order valence-corrected chi connectivity index (χ4v) is 2.28. The molecule has 0 aliphatic carbocycles. The number of methoxy groups -OCH3 is 1. The molecule has 2 aromatic rings. The predicted octanol–water partition coefficient (Wildman–Crippen LogP) is 3.35. The first-order valence-corrected chi connectivity index (χ1v) is 5.73. The number of rotatable bonds is 3. The van der Waals surface area contributed by atoms with Gasteiger partial charge in [0.1, 0.15) is 5.75 Å². The molecule has 2 rings (SSSR count). The van der Waals surface area contributed by atoms with E-state index in [4.69, 9.17) is 4.74 Å². The van der Waals surface area contributed by atoms with Gasteiger partial charge in [-0.3, -0.25) is 4.79 Å². The lowest BCUT2D eigenvalue weighted by Crippen LogP contribution is -2.01. The summed E-state index contributed by atoms with van der Waals surface area (Å²) in [4.78, 5) is 11.2. The van der Waals surface area contributed by atoms with Crippen molar-refractivity contribution >= 4 is 17.2 Å². The summed E-state index contributed by atoms with van der Waals surface area (Å²) in [5.41, 5.74) is 2.87. The molecule has 1 aromatic heterocycles. The minimum absolute atomic E-state index is 0.374. The largest absolute Gasteiger partial charge is 0.496 e. The van der Waals surface area contributed by atoms with E-state index in [1.54, 1.807) is 7.11 Å². The van der Waals surface area contributed by atoms with Crippen LogP contribution in [0.25, 0.3) is 10.9 Å². The molecule has 0 atom stereocenters. The van der Waals surface area contributed by atoms with E-state index in [0.29, 0.717) is 17.4 Å². The molecule has 0 saturated heterocycles. The molecule has 0 aliphatic heterocycles. The number of ether oxygens (including phenoxy) is 1. The highest BCUT2D eigenvalue weighted by Crippen LogP contribution is 2.32. The molecule has 0 unspecified atom stereocenters. The quantitative estimate of drug-likeness (QED) is 0.758. The van der Waals surface area contributed by atoms with Crippen LogP contribution < -0.4 is 4.74 Å². The van der Waals surface area contributed by atoms with Crippen LogP contribution in [0.4, 0.5) is 0 Å². The molecule has 1 heterocycles. The molecule has 1 aromatic carbocycles. The van der Waals surface area contributed by atoms with Gasteiger partial charge in [0, 0.05) is 17.6 Å². The summed E-state index contributed by atoms with van der Waals surface area (Å²) in [6.45, 7) is 6.30. The summed E-state index contributed by atoms with van der Waals surface area (Å²) in [7, 11) is 1.59. The van der Waals surface area contributed by atoms with Crippen LogP contribution in [0.3, 0.4) is 0 Å². The van der Waals surface area contributed by atoms with Gasteiger partial charge in [0.05, 0.1) is 18.2 Å². The minimum atomic E-state index is 0.374. The van der Waals surface area contributed by atoms with E-state index in [9.17, 15) is 4.79 Å². The first kappa shape index (κ1) is 11.7. The van der Waals surface area contributed by atoms with E-state index in [0.717, 1.165) is 22.8 Å². The topological polar surface area (TPSA) is 31.2 Å². The lowest BCUT2D eigenvalue weighted by molar-refractivity contribution is 0.112. The van der Waals surface area contributed by atoms with Crippen LogP contribution in [0.15, 0.2) is 18.3 Å². The van der Waals surface area contributed by atoms with Crippen LogP contribution >= 0.6 is 0 Å². The fraction of sp³-hybridized carbons (Fsp3) is 0.357. The summed E-state index contributed by atoms with van der Waals surface area (Å²) in [5, 5.41) is 0.963. The van der Waals surface area contributed by atoms with E-state index < -0.39 is 0 Å². The third-order valence-electron chi connectivity index (χ3n) is 3.09. The number of aldehydes is 1. The van der Waals surface area contributed by atoms with Gasteiger partial charge in [-0.2, -0.15) is 0 Å². The van der Waals surface area contributed by atoms with Crippen molar-refractivity contribution < 1.29 is 9.53 Å². The van der Waals surface area contributed by atoms with Gasteiger partial charge in [-0.05, 0) is 38.5 Å². The van der Waals surface area contributed by atoms with Gasteiger partial charge >= 0.3 is 0 Å². The molecule has 0 radical (unpaired) electrons. The number of carbonyl (C=O) groups excluding carboxylic acids is 1. The smallest absolute Gasteiger partial charge is 0.154 e. The maximum atomic E-state index is 11.2. The predicted molar refractivity (Wildman–Crippen MR) is 69.0 cm³/mol. The summed E-state index contributed by atoms with van der Waals surface area (Å²) in [6, 6.07) is 4.28. The molecule has 0 saturated carbocycles. The summed E-state index contributed by atoms with van der Waals surface area (Å²) in [6.07, 6.45) is 2.89. The summed E-state index contributed by atoms with van der Waals surface area (Å²) >= 11 is 0. The number of hydrogen-bond donors (Lipinski definition) is 0. The van der Waals surface area contributed by atoms with Gasteiger partial charge < -0.3 is 9.30 Å². The lowest BCUT2D eigenvalue weighted by atomic mass is 10.1. The van der Waals surface area contributed by atoms with Crippen LogP contribution in [-0.4, -0.2) is 18.0 Å².